The van der Waals surface area contributed by atoms with Crippen LogP contribution in [0.2, 0.25) is 0 Å². The predicted molar refractivity (Wildman–Crippen MR) is 82.3 cm³/mol. The number of carbonyl (C=O) groups excluding carboxylic acids is 1. The van der Waals surface area contributed by atoms with E-state index in [1.807, 2.05) is 20.8 Å². The summed E-state index contributed by atoms with van der Waals surface area (Å²) in [5.74, 6) is 0.591. The topological polar surface area (TPSA) is 59.6 Å². The summed E-state index contributed by atoms with van der Waals surface area (Å²) in [6, 6.07) is 0.941. The van der Waals surface area contributed by atoms with Crippen LogP contribution < -0.4 is 10.6 Å². The molecule has 2 fully saturated rings. The monoisotopic (exact) mass is 298 g/mol. The Labute approximate surface area is 128 Å². The maximum absolute atomic E-state index is 11.9. The molecule has 2 rings (SSSR count). The van der Waals surface area contributed by atoms with Gasteiger partial charge in [0.25, 0.3) is 0 Å². The average Bonchev–Trinajstić information content (AvgIpc) is 2.98. The highest BCUT2D eigenvalue weighted by Gasteiger charge is 2.33. The summed E-state index contributed by atoms with van der Waals surface area (Å²) < 4.78 is 10.8. The summed E-state index contributed by atoms with van der Waals surface area (Å²) >= 11 is 0. The number of carbonyl (C=O) groups is 1. The molecule has 1 amide bonds. The lowest BCUT2D eigenvalue weighted by Gasteiger charge is -2.29. The fourth-order valence-corrected chi connectivity index (χ4v) is 3.21. The second kappa shape index (κ2) is 6.97. The number of hydrogen-bond donors (Lipinski definition) is 2. The molecule has 0 aromatic carbocycles. The Morgan fingerprint density at radius 2 is 1.95 bits per heavy atom. The Hall–Kier alpha value is -0.810. The molecular weight excluding hydrogens is 268 g/mol. The second-order valence-corrected chi connectivity index (χ2v) is 7.37. The van der Waals surface area contributed by atoms with Crippen molar-refractivity contribution in [2.24, 2.45) is 5.92 Å². The van der Waals surface area contributed by atoms with E-state index in [1.165, 1.54) is 0 Å². The van der Waals surface area contributed by atoms with Crippen LogP contribution in [-0.2, 0) is 9.47 Å². The third kappa shape index (κ3) is 5.15. The second-order valence-electron chi connectivity index (χ2n) is 7.37. The molecule has 0 aromatic rings. The fourth-order valence-electron chi connectivity index (χ4n) is 3.21. The maximum atomic E-state index is 11.9. The molecule has 21 heavy (non-hydrogen) atoms. The zero-order valence-corrected chi connectivity index (χ0v) is 13.8. The first kappa shape index (κ1) is 16.6. The molecule has 1 saturated heterocycles. The van der Waals surface area contributed by atoms with Crippen molar-refractivity contribution in [2.45, 2.75) is 77.1 Å². The number of amides is 1. The fraction of sp³-hybridized carbons (Fsp3) is 0.938. The lowest BCUT2D eigenvalue weighted by atomic mass is 9.99. The SMILES string of the molecule is CC(NC1CCCC1NC(=O)OC(C)(C)C)C1CCOC1. The molecule has 1 heterocycles. The van der Waals surface area contributed by atoms with E-state index in [1.54, 1.807) is 0 Å². The van der Waals surface area contributed by atoms with Crippen LogP contribution in [0.4, 0.5) is 4.79 Å². The number of hydrogen-bond acceptors (Lipinski definition) is 4. The number of alkyl carbamates (subject to hydrolysis) is 1. The molecule has 0 radical (unpaired) electrons. The molecular formula is C16H30N2O3. The van der Waals surface area contributed by atoms with Gasteiger partial charge in [-0.1, -0.05) is 0 Å². The summed E-state index contributed by atoms with van der Waals surface area (Å²) in [5.41, 5.74) is -0.444. The Balaban J connectivity index is 1.81. The summed E-state index contributed by atoms with van der Waals surface area (Å²) in [7, 11) is 0. The molecule has 1 aliphatic heterocycles. The first-order valence-corrected chi connectivity index (χ1v) is 8.18. The standard InChI is InChI=1S/C16H30N2O3/c1-11(12-8-9-20-10-12)17-13-6-5-7-14(13)18-15(19)21-16(2,3)4/h11-14,17H,5-10H2,1-4H3,(H,18,19). The molecule has 122 valence electrons. The Morgan fingerprint density at radius 3 is 2.57 bits per heavy atom. The molecule has 1 aliphatic carbocycles. The van der Waals surface area contributed by atoms with Crippen LogP contribution in [0.3, 0.4) is 0 Å². The minimum atomic E-state index is -0.444. The molecule has 2 N–H and O–H groups in total. The highest BCUT2D eigenvalue weighted by atomic mass is 16.6. The van der Waals surface area contributed by atoms with E-state index in [0.29, 0.717) is 18.0 Å². The van der Waals surface area contributed by atoms with E-state index in [4.69, 9.17) is 9.47 Å². The van der Waals surface area contributed by atoms with Gasteiger partial charge in [-0.05, 0) is 59.3 Å². The molecule has 1 saturated carbocycles. The van der Waals surface area contributed by atoms with Crippen LogP contribution in [0.25, 0.3) is 0 Å². The molecule has 5 heteroatoms. The normalized spacial score (nSPS) is 31.1. The van der Waals surface area contributed by atoms with Crippen molar-refractivity contribution in [3.8, 4) is 0 Å². The summed E-state index contributed by atoms with van der Waals surface area (Å²) in [4.78, 5) is 11.9. The van der Waals surface area contributed by atoms with Crippen LogP contribution in [0.15, 0.2) is 0 Å². The van der Waals surface area contributed by atoms with E-state index in [9.17, 15) is 4.79 Å². The minimum Gasteiger partial charge on any atom is -0.444 e. The van der Waals surface area contributed by atoms with E-state index in [0.717, 1.165) is 38.9 Å². The van der Waals surface area contributed by atoms with Gasteiger partial charge in [-0.25, -0.2) is 4.79 Å². The van der Waals surface area contributed by atoms with Crippen LogP contribution in [0.5, 0.6) is 0 Å². The smallest absolute Gasteiger partial charge is 0.407 e. The molecule has 4 atom stereocenters. The summed E-state index contributed by atoms with van der Waals surface area (Å²) in [6.07, 6.45) is 4.10. The predicted octanol–water partition coefficient (Wildman–Crippen LogP) is 2.45. The zero-order valence-electron chi connectivity index (χ0n) is 13.8. The van der Waals surface area contributed by atoms with E-state index in [2.05, 4.69) is 17.6 Å². The van der Waals surface area contributed by atoms with Gasteiger partial charge in [-0.15, -0.1) is 0 Å². The van der Waals surface area contributed by atoms with Crippen LogP contribution in [-0.4, -0.2) is 43.0 Å². The summed E-state index contributed by atoms with van der Waals surface area (Å²) in [6.45, 7) is 9.62. The highest BCUT2D eigenvalue weighted by molar-refractivity contribution is 5.68. The van der Waals surface area contributed by atoms with Gasteiger partial charge in [0.2, 0.25) is 0 Å². The molecule has 2 aliphatic rings. The van der Waals surface area contributed by atoms with Gasteiger partial charge in [0.05, 0.1) is 6.61 Å². The zero-order chi connectivity index (χ0) is 15.5. The van der Waals surface area contributed by atoms with Gasteiger partial charge >= 0.3 is 6.09 Å². The van der Waals surface area contributed by atoms with Crippen molar-refractivity contribution in [3.05, 3.63) is 0 Å². The minimum absolute atomic E-state index is 0.171. The van der Waals surface area contributed by atoms with E-state index in [-0.39, 0.29) is 12.1 Å². The van der Waals surface area contributed by atoms with Gasteiger partial charge < -0.3 is 20.1 Å². The molecule has 0 aromatic heterocycles. The van der Waals surface area contributed by atoms with Gasteiger partial charge in [0.15, 0.2) is 0 Å². The van der Waals surface area contributed by atoms with Crippen molar-refractivity contribution in [3.63, 3.8) is 0 Å². The van der Waals surface area contributed by atoms with Crippen molar-refractivity contribution in [2.75, 3.05) is 13.2 Å². The lowest BCUT2D eigenvalue weighted by Crippen LogP contribution is -2.51. The Bertz CT molecular complexity index is 348. The number of rotatable bonds is 4. The first-order chi connectivity index (χ1) is 9.85. The summed E-state index contributed by atoms with van der Waals surface area (Å²) in [5, 5.41) is 6.72. The molecule has 4 unspecified atom stereocenters. The maximum Gasteiger partial charge on any atom is 0.407 e. The molecule has 0 spiro atoms. The van der Waals surface area contributed by atoms with Gasteiger partial charge in [-0.3, -0.25) is 0 Å². The van der Waals surface area contributed by atoms with Crippen molar-refractivity contribution >= 4 is 6.09 Å². The van der Waals surface area contributed by atoms with Gasteiger partial charge in [0, 0.05) is 24.7 Å². The number of nitrogens with one attached hydrogen (secondary N) is 2. The third-order valence-corrected chi connectivity index (χ3v) is 4.37. The molecule has 0 bridgehead atoms. The van der Waals surface area contributed by atoms with Gasteiger partial charge in [0.1, 0.15) is 5.60 Å². The van der Waals surface area contributed by atoms with Crippen molar-refractivity contribution < 1.29 is 14.3 Å². The Kier molecular flexibility index (Phi) is 5.49. The first-order valence-electron chi connectivity index (χ1n) is 8.18. The number of ether oxygens (including phenoxy) is 2. The van der Waals surface area contributed by atoms with Crippen LogP contribution >= 0.6 is 0 Å². The van der Waals surface area contributed by atoms with E-state index < -0.39 is 5.60 Å². The largest absolute Gasteiger partial charge is 0.444 e. The van der Waals surface area contributed by atoms with Gasteiger partial charge in [-0.2, -0.15) is 0 Å². The Morgan fingerprint density at radius 1 is 1.24 bits per heavy atom. The highest BCUT2D eigenvalue weighted by Crippen LogP contribution is 2.23. The lowest BCUT2D eigenvalue weighted by molar-refractivity contribution is 0.0495. The molecule has 5 nitrogen and oxygen atoms in total. The third-order valence-electron chi connectivity index (χ3n) is 4.37. The van der Waals surface area contributed by atoms with Crippen LogP contribution in [0.1, 0.15) is 53.4 Å². The quantitative estimate of drug-likeness (QED) is 0.837. The average molecular weight is 298 g/mol. The van der Waals surface area contributed by atoms with Crippen LogP contribution in [0, 0.1) is 5.92 Å². The van der Waals surface area contributed by atoms with Crippen molar-refractivity contribution in [1.82, 2.24) is 10.6 Å². The van der Waals surface area contributed by atoms with Crippen molar-refractivity contribution in [1.29, 1.82) is 0 Å². The van der Waals surface area contributed by atoms with E-state index >= 15 is 0 Å².